The van der Waals surface area contributed by atoms with Crippen LogP contribution in [0, 0.1) is 0 Å². The molecule has 152 valence electrons. The molecule has 0 fully saturated rings. The van der Waals surface area contributed by atoms with Crippen molar-refractivity contribution >= 4 is 11.6 Å². The first-order valence-electron chi connectivity index (χ1n) is 9.10. The average molecular weight is 387 g/mol. The van der Waals surface area contributed by atoms with Crippen molar-refractivity contribution in [2.24, 2.45) is 4.99 Å². The number of nitrogens with zero attached hydrogens (tertiary/aromatic N) is 1. The van der Waals surface area contributed by atoms with Gasteiger partial charge in [-0.3, -0.25) is 4.99 Å². The monoisotopic (exact) mass is 387 g/mol. The normalized spacial score (nSPS) is 11.1. The highest BCUT2D eigenvalue weighted by atomic mass is 16.5. The van der Waals surface area contributed by atoms with E-state index in [4.69, 9.17) is 18.9 Å². The Morgan fingerprint density at radius 2 is 1.79 bits per heavy atom. The number of nitrogens with one attached hydrogen (secondary N) is 2. The van der Waals surface area contributed by atoms with Crippen molar-refractivity contribution in [1.82, 2.24) is 5.32 Å². The second-order valence-corrected chi connectivity index (χ2v) is 5.96. The van der Waals surface area contributed by atoms with Crippen molar-refractivity contribution in [2.45, 2.75) is 13.0 Å². The summed E-state index contributed by atoms with van der Waals surface area (Å²) in [5.41, 5.74) is 1.94. The number of guanidine groups is 1. The van der Waals surface area contributed by atoms with Gasteiger partial charge in [0.1, 0.15) is 5.75 Å². The zero-order valence-electron chi connectivity index (χ0n) is 17.0. The Balaban J connectivity index is 1.92. The van der Waals surface area contributed by atoms with Crippen LogP contribution in [0.3, 0.4) is 0 Å². The summed E-state index contributed by atoms with van der Waals surface area (Å²) in [5.74, 6) is 2.83. The molecule has 2 aromatic carbocycles. The summed E-state index contributed by atoms with van der Waals surface area (Å²) >= 11 is 0. The van der Waals surface area contributed by atoms with E-state index in [0.717, 1.165) is 23.4 Å². The first-order chi connectivity index (χ1) is 13.7. The maximum atomic E-state index is 5.75. The van der Waals surface area contributed by atoms with Crippen LogP contribution in [-0.2, 0) is 11.3 Å². The molecule has 7 heteroatoms. The molecule has 0 aliphatic heterocycles. The van der Waals surface area contributed by atoms with E-state index < -0.39 is 0 Å². The smallest absolute Gasteiger partial charge is 0.195 e. The van der Waals surface area contributed by atoms with Crippen LogP contribution < -0.4 is 24.8 Å². The number of hydrogen-bond donors (Lipinski definition) is 2. The second-order valence-electron chi connectivity index (χ2n) is 5.96. The number of aliphatic imine (C=N–C) groups is 1. The number of ether oxygens (including phenoxy) is 4. The van der Waals surface area contributed by atoms with Crippen LogP contribution in [0.1, 0.15) is 12.0 Å². The van der Waals surface area contributed by atoms with Gasteiger partial charge < -0.3 is 29.6 Å². The van der Waals surface area contributed by atoms with Crippen LogP contribution in [0.15, 0.2) is 47.5 Å². The highest BCUT2D eigenvalue weighted by Gasteiger charge is 2.06. The first-order valence-corrected chi connectivity index (χ1v) is 9.10. The van der Waals surface area contributed by atoms with E-state index in [2.05, 4.69) is 15.6 Å². The zero-order chi connectivity index (χ0) is 20.2. The average Bonchev–Trinajstić information content (AvgIpc) is 2.74. The number of rotatable bonds is 10. The van der Waals surface area contributed by atoms with Crippen molar-refractivity contribution in [2.75, 3.05) is 46.9 Å². The fraction of sp³-hybridized carbons (Fsp3) is 0.381. The summed E-state index contributed by atoms with van der Waals surface area (Å²) in [6, 6.07) is 13.6. The van der Waals surface area contributed by atoms with Gasteiger partial charge in [-0.1, -0.05) is 12.1 Å². The number of benzene rings is 2. The Labute approximate surface area is 166 Å². The Kier molecular flexibility index (Phi) is 8.94. The first kappa shape index (κ1) is 21.4. The standard InChI is InChI=1S/C21H29N3O4/c1-22-21(24-17-9-10-19(26-3)20(14-17)27-4)23-15-16-7-5-8-18(13-16)28-12-6-11-25-2/h5,7-10,13-14H,6,11-12,15H2,1-4H3,(H2,22,23,24). The van der Waals surface area contributed by atoms with Gasteiger partial charge in [-0.25, -0.2) is 0 Å². The Morgan fingerprint density at radius 1 is 0.964 bits per heavy atom. The lowest BCUT2D eigenvalue weighted by atomic mass is 10.2. The summed E-state index contributed by atoms with van der Waals surface area (Å²) < 4.78 is 21.4. The maximum Gasteiger partial charge on any atom is 0.195 e. The van der Waals surface area contributed by atoms with Crippen molar-refractivity contribution in [3.8, 4) is 17.2 Å². The summed E-state index contributed by atoms with van der Waals surface area (Å²) in [5, 5.41) is 6.54. The lowest BCUT2D eigenvalue weighted by Crippen LogP contribution is -2.30. The Morgan fingerprint density at radius 3 is 2.50 bits per heavy atom. The van der Waals surface area contributed by atoms with Gasteiger partial charge in [0, 0.05) is 45.5 Å². The molecule has 28 heavy (non-hydrogen) atoms. The van der Waals surface area contributed by atoms with E-state index >= 15 is 0 Å². The van der Waals surface area contributed by atoms with Crippen molar-refractivity contribution in [3.63, 3.8) is 0 Å². The lowest BCUT2D eigenvalue weighted by Gasteiger charge is -2.14. The Hall–Kier alpha value is -2.93. The van der Waals surface area contributed by atoms with Crippen LogP contribution in [0.25, 0.3) is 0 Å². The molecule has 0 aromatic heterocycles. The largest absolute Gasteiger partial charge is 0.493 e. The minimum absolute atomic E-state index is 0.613. The van der Waals surface area contributed by atoms with E-state index in [1.54, 1.807) is 28.4 Å². The molecule has 0 saturated carbocycles. The molecule has 0 spiro atoms. The van der Waals surface area contributed by atoms with Crippen molar-refractivity contribution in [3.05, 3.63) is 48.0 Å². The molecule has 0 unspecified atom stereocenters. The predicted molar refractivity (Wildman–Crippen MR) is 112 cm³/mol. The SMILES string of the molecule is CN=C(NCc1cccc(OCCCOC)c1)Nc1ccc(OC)c(OC)c1. The number of hydrogen-bond acceptors (Lipinski definition) is 5. The molecule has 7 nitrogen and oxygen atoms in total. The zero-order valence-corrected chi connectivity index (χ0v) is 17.0. The second kappa shape index (κ2) is 11.7. The van der Waals surface area contributed by atoms with Gasteiger partial charge in [0.15, 0.2) is 17.5 Å². The summed E-state index contributed by atoms with van der Waals surface area (Å²) in [6.07, 6.45) is 0.862. The molecular formula is C21H29N3O4. The van der Waals surface area contributed by atoms with Gasteiger partial charge in [0.25, 0.3) is 0 Å². The van der Waals surface area contributed by atoms with E-state index in [0.29, 0.717) is 37.2 Å². The number of anilines is 1. The highest BCUT2D eigenvalue weighted by Crippen LogP contribution is 2.29. The third-order valence-corrected chi connectivity index (χ3v) is 3.99. The fourth-order valence-electron chi connectivity index (χ4n) is 2.55. The Bertz CT molecular complexity index is 765. The molecule has 0 saturated heterocycles. The van der Waals surface area contributed by atoms with E-state index in [9.17, 15) is 0 Å². The highest BCUT2D eigenvalue weighted by molar-refractivity contribution is 5.93. The third-order valence-electron chi connectivity index (χ3n) is 3.99. The van der Waals surface area contributed by atoms with Crippen LogP contribution >= 0.6 is 0 Å². The van der Waals surface area contributed by atoms with Gasteiger partial charge >= 0.3 is 0 Å². The van der Waals surface area contributed by atoms with Crippen LogP contribution in [0.5, 0.6) is 17.2 Å². The molecule has 0 aliphatic rings. The van der Waals surface area contributed by atoms with Crippen molar-refractivity contribution < 1.29 is 18.9 Å². The minimum atomic E-state index is 0.613. The molecule has 0 amide bonds. The fourth-order valence-corrected chi connectivity index (χ4v) is 2.55. The van der Waals surface area contributed by atoms with Gasteiger partial charge in [0.05, 0.1) is 20.8 Å². The topological polar surface area (TPSA) is 73.3 Å². The van der Waals surface area contributed by atoms with E-state index in [1.807, 2.05) is 42.5 Å². The van der Waals surface area contributed by atoms with Crippen LogP contribution in [-0.4, -0.2) is 47.6 Å². The van der Waals surface area contributed by atoms with Crippen LogP contribution in [0.2, 0.25) is 0 Å². The van der Waals surface area contributed by atoms with Gasteiger partial charge in [0.2, 0.25) is 0 Å². The maximum absolute atomic E-state index is 5.75. The van der Waals surface area contributed by atoms with Crippen molar-refractivity contribution in [1.29, 1.82) is 0 Å². The molecule has 0 aliphatic carbocycles. The van der Waals surface area contributed by atoms with E-state index in [1.165, 1.54) is 0 Å². The molecule has 2 rings (SSSR count). The summed E-state index contributed by atoms with van der Waals surface area (Å²) in [7, 11) is 6.64. The summed E-state index contributed by atoms with van der Waals surface area (Å²) in [6.45, 7) is 1.94. The van der Waals surface area contributed by atoms with Gasteiger partial charge in [-0.15, -0.1) is 0 Å². The summed E-state index contributed by atoms with van der Waals surface area (Å²) in [4.78, 5) is 4.27. The molecule has 0 atom stereocenters. The molecule has 0 radical (unpaired) electrons. The molecule has 0 heterocycles. The quantitative estimate of drug-likeness (QED) is 0.370. The molecule has 0 bridgehead atoms. The third kappa shape index (κ3) is 6.66. The predicted octanol–water partition coefficient (Wildman–Crippen LogP) is 3.31. The van der Waals surface area contributed by atoms with Gasteiger partial charge in [-0.2, -0.15) is 0 Å². The number of methoxy groups -OCH3 is 3. The minimum Gasteiger partial charge on any atom is -0.493 e. The van der Waals surface area contributed by atoms with Gasteiger partial charge in [-0.05, 0) is 29.8 Å². The molecule has 2 aromatic rings. The van der Waals surface area contributed by atoms with Crippen LogP contribution in [0.4, 0.5) is 5.69 Å². The lowest BCUT2D eigenvalue weighted by molar-refractivity contribution is 0.172. The molecule has 2 N–H and O–H groups in total. The molecular weight excluding hydrogens is 358 g/mol. The van der Waals surface area contributed by atoms with E-state index in [-0.39, 0.29) is 0 Å².